The predicted molar refractivity (Wildman–Crippen MR) is 43.4 cm³/mol. The summed E-state index contributed by atoms with van der Waals surface area (Å²) in [7, 11) is 2.36. The molecule has 0 aliphatic carbocycles. The van der Waals surface area contributed by atoms with Crippen LogP contribution in [0.25, 0.3) is 0 Å². The molecule has 7 heavy (non-hydrogen) atoms. The normalized spacial score (nSPS) is 10.3. The van der Waals surface area contributed by atoms with Crippen molar-refractivity contribution >= 4 is 36.5 Å². The molecular weight excluding hydrogens is 163 g/mol. The van der Waals surface area contributed by atoms with Gasteiger partial charge < -0.3 is 9.02 Å². The van der Waals surface area contributed by atoms with Crippen LogP contribution < -0.4 is 0 Å². The van der Waals surface area contributed by atoms with Gasteiger partial charge in [0.1, 0.15) is 8.51 Å². The van der Waals surface area contributed by atoms with Gasteiger partial charge in [-0.15, -0.1) is 0 Å². The molecule has 0 aliphatic heterocycles. The molecule has 2 atom stereocenters. The van der Waals surface area contributed by atoms with Gasteiger partial charge >= 0.3 is 0 Å². The molecule has 0 radical (unpaired) electrons. The summed E-state index contributed by atoms with van der Waals surface area (Å²) in [5, 5.41) is 0. The highest BCUT2D eigenvalue weighted by Gasteiger charge is 1.55. The van der Waals surface area contributed by atoms with Crippen molar-refractivity contribution in [1.29, 1.82) is 0 Å². The molecule has 7 heteroatoms. The van der Waals surface area contributed by atoms with E-state index in [9.17, 15) is 0 Å². The second-order valence-electron chi connectivity index (χ2n) is 0.674. The number of rotatable bonds is 0. The molecule has 1 heterocycles. The SMILES string of the molecule is [SiH4].n1p[nH][pH][nH][pH]1. The Hall–Kier alpha value is 0.517. The number of H-pyrrole nitrogens is 2. The molecule has 0 saturated carbocycles. The second kappa shape index (κ2) is 4.67. The first kappa shape index (κ1) is 7.52. The van der Waals surface area contributed by atoms with Crippen molar-refractivity contribution in [1.82, 2.24) is 13.5 Å². The Morgan fingerprint density at radius 1 is 1.57 bits per heavy atom. The summed E-state index contributed by atoms with van der Waals surface area (Å²) in [4.78, 5) is 0. The monoisotopic (exact) mass is 171 g/mol. The molecule has 0 aliphatic rings. The van der Waals surface area contributed by atoms with Crippen molar-refractivity contribution in [3.05, 3.63) is 0 Å². The van der Waals surface area contributed by atoms with Crippen LogP contribution in [0.5, 0.6) is 0 Å². The van der Waals surface area contributed by atoms with E-state index in [4.69, 9.17) is 0 Å². The van der Waals surface area contributed by atoms with E-state index in [1.165, 1.54) is 0 Å². The van der Waals surface area contributed by atoms with Crippen LogP contribution in [0.15, 0.2) is 0 Å². The molecule has 0 aromatic carbocycles. The summed E-state index contributed by atoms with van der Waals surface area (Å²) in [6.45, 7) is 0. The lowest BCUT2D eigenvalue weighted by Gasteiger charge is -1.75. The lowest BCUT2D eigenvalue weighted by atomic mass is 13.9. The summed E-state index contributed by atoms with van der Waals surface area (Å²) >= 11 is 0. The number of nitrogens with zero attached hydrogens (tertiary/aromatic N) is 1. The van der Waals surface area contributed by atoms with Crippen molar-refractivity contribution in [2.24, 2.45) is 0 Å². The first-order valence-corrected chi connectivity index (χ1v) is 4.19. The molecule has 0 saturated heterocycles. The summed E-state index contributed by atoms with van der Waals surface area (Å²) in [6, 6.07) is 0. The van der Waals surface area contributed by atoms with Crippen molar-refractivity contribution in [2.45, 2.75) is 0 Å². The standard InChI is InChI=1S/H4N3P3.H4Si/c1-4-2-6-3-5-1;/h1,4-5H,(H,2,3);1H4. The lowest BCUT2D eigenvalue weighted by molar-refractivity contribution is 1.69. The fourth-order valence-electron chi connectivity index (χ4n) is 0.156. The summed E-state index contributed by atoms with van der Waals surface area (Å²) in [6.07, 6.45) is 0. The van der Waals surface area contributed by atoms with Crippen molar-refractivity contribution in [3.63, 3.8) is 0 Å². The molecule has 0 fully saturated rings. The Morgan fingerprint density at radius 2 is 2.43 bits per heavy atom. The fourth-order valence-corrected chi connectivity index (χ4v) is 2.81. The van der Waals surface area contributed by atoms with E-state index in [1.807, 2.05) is 0 Å². The number of hydrogen-bond donors (Lipinski definition) is 2. The number of nitrogens with one attached hydrogen (secondary N) is 2. The minimum Gasteiger partial charge on any atom is -0.313 e. The van der Waals surface area contributed by atoms with Crippen LogP contribution >= 0.6 is 25.5 Å². The second-order valence-corrected chi connectivity index (χ2v) is 4.04. The maximum atomic E-state index is 3.96. The van der Waals surface area contributed by atoms with Gasteiger partial charge in [0.2, 0.25) is 0 Å². The third kappa shape index (κ3) is 3.13. The molecule has 42 valence electrons. The van der Waals surface area contributed by atoms with Crippen LogP contribution in [-0.2, 0) is 0 Å². The molecule has 0 spiro atoms. The van der Waals surface area contributed by atoms with Crippen molar-refractivity contribution < 1.29 is 0 Å². The molecule has 0 bridgehead atoms. The van der Waals surface area contributed by atoms with E-state index < -0.39 is 0 Å². The zero-order chi connectivity index (χ0) is 4.24. The molecule has 1 aromatic heterocycles. The first-order valence-electron chi connectivity index (χ1n) is 1.40. The largest absolute Gasteiger partial charge is 0.313 e. The molecule has 3 nitrogen and oxygen atoms in total. The summed E-state index contributed by atoms with van der Waals surface area (Å²) in [5.41, 5.74) is 0. The van der Waals surface area contributed by atoms with Gasteiger partial charge in [0.15, 0.2) is 0 Å². The van der Waals surface area contributed by atoms with Gasteiger partial charge in [-0.3, -0.25) is 0 Å². The van der Waals surface area contributed by atoms with Gasteiger partial charge in [-0.25, -0.2) is 0 Å². The Labute approximate surface area is 50.7 Å². The zero-order valence-electron chi connectivity index (χ0n) is 2.89. The smallest absolute Gasteiger partial charge is 0.138 e. The van der Waals surface area contributed by atoms with Gasteiger partial charge in [0.05, 0.1) is 0 Å². The molecule has 2 unspecified atom stereocenters. The number of aromatic nitrogens is 3. The average Bonchev–Trinajstić information content (AvgIpc) is 1.72. The Kier molecular flexibility index (Phi) is 5.02. The lowest BCUT2D eigenvalue weighted by Crippen LogP contribution is -1.47. The van der Waals surface area contributed by atoms with E-state index in [0.717, 1.165) is 8.51 Å². The maximum absolute atomic E-state index is 3.96. The van der Waals surface area contributed by atoms with Gasteiger partial charge in [-0.1, -0.05) is 0 Å². The van der Waals surface area contributed by atoms with Crippen molar-refractivity contribution in [2.75, 3.05) is 0 Å². The van der Waals surface area contributed by atoms with E-state index >= 15 is 0 Å². The Morgan fingerprint density at radius 3 is 2.57 bits per heavy atom. The van der Waals surface area contributed by atoms with E-state index in [2.05, 4.69) is 13.5 Å². The van der Waals surface area contributed by atoms with Crippen molar-refractivity contribution in [3.8, 4) is 0 Å². The third-order valence-corrected chi connectivity index (χ3v) is 2.92. The highest BCUT2D eigenvalue weighted by Crippen LogP contribution is 2.01. The van der Waals surface area contributed by atoms with Gasteiger partial charge in [0, 0.05) is 17.0 Å². The van der Waals surface area contributed by atoms with Crippen LogP contribution in [0.3, 0.4) is 0 Å². The fraction of sp³-hybridized carbons (Fsp3) is 0. The van der Waals surface area contributed by atoms with E-state index in [1.54, 1.807) is 0 Å². The van der Waals surface area contributed by atoms with Gasteiger partial charge in [0.25, 0.3) is 0 Å². The molecule has 0 amide bonds. The summed E-state index contributed by atoms with van der Waals surface area (Å²) in [5.74, 6) is 0. The van der Waals surface area contributed by atoms with E-state index in [-0.39, 0.29) is 11.0 Å². The van der Waals surface area contributed by atoms with Gasteiger partial charge in [-0.05, 0) is 11.0 Å². The average molecular weight is 171 g/mol. The van der Waals surface area contributed by atoms with Crippen LogP contribution in [0.4, 0.5) is 0 Å². The maximum Gasteiger partial charge on any atom is 0.138 e. The highest BCUT2D eigenvalue weighted by molar-refractivity contribution is 7.43. The minimum atomic E-state index is 0. The molecule has 1 aromatic rings. The quantitative estimate of drug-likeness (QED) is 0.532. The first-order chi connectivity index (χ1) is 3.00. The molecule has 1 rings (SSSR count). The molecular formula is H8N3P3Si. The van der Waals surface area contributed by atoms with Crippen LogP contribution in [0.1, 0.15) is 0 Å². The van der Waals surface area contributed by atoms with Gasteiger partial charge in [-0.2, -0.15) is 4.51 Å². The van der Waals surface area contributed by atoms with Crippen LogP contribution in [0, 0.1) is 0 Å². The third-order valence-electron chi connectivity index (χ3n) is 0.324. The predicted octanol–water partition coefficient (Wildman–Crippen LogP) is 0.0533. The highest BCUT2D eigenvalue weighted by atomic mass is 31.1. The number of hydrogen-bond acceptors (Lipinski definition) is 1. The topological polar surface area (TPSA) is 44.5 Å². The van der Waals surface area contributed by atoms with E-state index in [0.29, 0.717) is 17.0 Å². The minimum absolute atomic E-state index is 0. The Balaban J connectivity index is 0.000000360. The number of aromatic amines is 2. The zero-order valence-corrected chi connectivity index (χ0v) is 5.79. The van der Waals surface area contributed by atoms with Crippen LogP contribution in [-0.4, -0.2) is 24.5 Å². The van der Waals surface area contributed by atoms with Crippen LogP contribution in [0.2, 0.25) is 0 Å². The summed E-state index contributed by atoms with van der Waals surface area (Å²) < 4.78 is 10.0. The Bertz CT molecular complexity index is 82.1. The molecule has 2 N–H and O–H groups in total.